The second-order valence-electron chi connectivity index (χ2n) is 7.23. The molecule has 146 valence electrons. The number of halogens is 2. The second-order valence-corrected chi connectivity index (χ2v) is 8.15. The van der Waals surface area contributed by atoms with E-state index in [4.69, 9.17) is 9.15 Å². The van der Waals surface area contributed by atoms with Crippen LogP contribution in [0.3, 0.4) is 0 Å². The standard InChI is InChI=1S/C20H22BrNO4.ClH/c21-15-6-7-18-14(10-15)11-16(20(24)26-18)19(23)25-12-13-4-3-9-22-8-2-1-5-17(13)22;/h6-7,10-11,13,17H,1-5,8-9,12H2;1H/t13-,17+;/m0./s1. The number of piperidine rings is 2. The number of nitrogens with zero attached hydrogens (tertiary/aromatic N) is 1. The van der Waals surface area contributed by atoms with Gasteiger partial charge in [-0.1, -0.05) is 22.4 Å². The van der Waals surface area contributed by atoms with E-state index < -0.39 is 11.6 Å². The molecule has 2 aliphatic rings. The molecule has 1 aromatic carbocycles. The van der Waals surface area contributed by atoms with Gasteiger partial charge in [0.25, 0.3) is 0 Å². The van der Waals surface area contributed by atoms with E-state index in [1.807, 2.05) is 6.07 Å². The van der Waals surface area contributed by atoms with Gasteiger partial charge in [-0.05, 0) is 63.0 Å². The zero-order chi connectivity index (χ0) is 18.1. The Balaban J connectivity index is 0.00000210. The van der Waals surface area contributed by atoms with Crippen LogP contribution in [0, 0.1) is 5.92 Å². The Bertz CT molecular complexity index is 882. The lowest BCUT2D eigenvalue weighted by Crippen LogP contribution is -2.49. The number of carbonyl (C=O) groups excluding carboxylic acids is 1. The first-order valence-corrected chi connectivity index (χ1v) is 10.1. The predicted octanol–water partition coefficient (Wildman–Crippen LogP) is 4.40. The second kappa shape index (κ2) is 8.76. The van der Waals surface area contributed by atoms with Crippen LogP contribution < -0.4 is 5.63 Å². The zero-order valence-corrected chi connectivity index (χ0v) is 17.4. The van der Waals surface area contributed by atoms with Gasteiger partial charge in [-0.2, -0.15) is 0 Å². The molecule has 0 aliphatic carbocycles. The summed E-state index contributed by atoms with van der Waals surface area (Å²) in [7, 11) is 0. The average molecular weight is 457 g/mol. The summed E-state index contributed by atoms with van der Waals surface area (Å²) in [5.74, 6) is -0.233. The summed E-state index contributed by atoms with van der Waals surface area (Å²) in [5, 5.41) is 0.696. The summed E-state index contributed by atoms with van der Waals surface area (Å²) in [5.41, 5.74) is -0.223. The van der Waals surface area contributed by atoms with Crippen LogP contribution in [0.25, 0.3) is 11.0 Å². The van der Waals surface area contributed by atoms with Crippen molar-refractivity contribution in [2.24, 2.45) is 5.92 Å². The molecule has 2 atom stereocenters. The van der Waals surface area contributed by atoms with Crippen LogP contribution in [0.1, 0.15) is 42.5 Å². The van der Waals surface area contributed by atoms with Crippen molar-refractivity contribution in [3.63, 3.8) is 0 Å². The Morgan fingerprint density at radius 2 is 2.00 bits per heavy atom. The molecule has 7 heteroatoms. The summed E-state index contributed by atoms with van der Waals surface area (Å²) >= 11 is 3.39. The lowest BCUT2D eigenvalue weighted by Gasteiger charge is -2.44. The molecule has 2 saturated heterocycles. The van der Waals surface area contributed by atoms with E-state index in [2.05, 4.69) is 20.8 Å². The summed E-state index contributed by atoms with van der Waals surface area (Å²) in [6.07, 6.45) is 5.90. The van der Waals surface area contributed by atoms with Crippen molar-refractivity contribution in [1.82, 2.24) is 4.90 Å². The number of ether oxygens (including phenoxy) is 1. The highest BCUT2D eigenvalue weighted by Gasteiger charge is 2.33. The Morgan fingerprint density at radius 1 is 1.19 bits per heavy atom. The molecule has 1 aromatic heterocycles. The van der Waals surface area contributed by atoms with Gasteiger partial charge in [0.1, 0.15) is 11.1 Å². The van der Waals surface area contributed by atoms with Crippen LogP contribution in [0.2, 0.25) is 0 Å². The average Bonchev–Trinajstić information content (AvgIpc) is 2.66. The van der Waals surface area contributed by atoms with E-state index >= 15 is 0 Å². The quantitative estimate of drug-likeness (QED) is 0.506. The number of hydrogen-bond acceptors (Lipinski definition) is 5. The van der Waals surface area contributed by atoms with Gasteiger partial charge >= 0.3 is 11.6 Å². The van der Waals surface area contributed by atoms with Gasteiger partial charge in [-0.25, -0.2) is 9.59 Å². The predicted molar refractivity (Wildman–Crippen MR) is 110 cm³/mol. The Hall–Kier alpha value is -1.37. The minimum atomic E-state index is -0.646. The third kappa shape index (κ3) is 4.39. The van der Waals surface area contributed by atoms with E-state index in [1.54, 1.807) is 18.2 Å². The molecule has 2 aromatic rings. The normalized spacial score (nSPS) is 22.7. The molecule has 0 bridgehead atoms. The molecule has 27 heavy (non-hydrogen) atoms. The maximum atomic E-state index is 12.5. The number of rotatable bonds is 3. The smallest absolute Gasteiger partial charge is 0.351 e. The van der Waals surface area contributed by atoms with Crippen molar-refractivity contribution < 1.29 is 13.9 Å². The van der Waals surface area contributed by atoms with E-state index in [9.17, 15) is 9.59 Å². The molecule has 2 aliphatic heterocycles. The molecule has 0 unspecified atom stereocenters. The molecule has 0 N–H and O–H groups in total. The van der Waals surface area contributed by atoms with Crippen LogP contribution in [0.4, 0.5) is 0 Å². The summed E-state index contributed by atoms with van der Waals surface area (Å²) < 4.78 is 11.7. The van der Waals surface area contributed by atoms with Crippen molar-refractivity contribution in [1.29, 1.82) is 0 Å². The van der Waals surface area contributed by atoms with Gasteiger partial charge in [0.2, 0.25) is 0 Å². The topological polar surface area (TPSA) is 59.8 Å². The van der Waals surface area contributed by atoms with Gasteiger partial charge in [-0.15, -0.1) is 12.4 Å². The molecule has 0 saturated carbocycles. The summed E-state index contributed by atoms with van der Waals surface area (Å²) in [6, 6.07) is 7.38. The molecule has 5 nitrogen and oxygen atoms in total. The largest absolute Gasteiger partial charge is 0.462 e. The van der Waals surface area contributed by atoms with Crippen LogP contribution in [0.5, 0.6) is 0 Å². The van der Waals surface area contributed by atoms with Crippen LogP contribution in [0.15, 0.2) is 37.9 Å². The number of benzene rings is 1. The van der Waals surface area contributed by atoms with Gasteiger partial charge < -0.3 is 9.15 Å². The van der Waals surface area contributed by atoms with Gasteiger partial charge in [-0.3, -0.25) is 4.90 Å². The number of carbonyl (C=O) groups is 1. The monoisotopic (exact) mass is 455 g/mol. The van der Waals surface area contributed by atoms with Crippen molar-refractivity contribution in [2.45, 2.75) is 38.1 Å². The fourth-order valence-electron chi connectivity index (χ4n) is 4.27. The van der Waals surface area contributed by atoms with E-state index in [0.717, 1.165) is 30.4 Å². The first-order chi connectivity index (χ1) is 12.6. The first-order valence-electron chi connectivity index (χ1n) is 9.26. The summed E-state index contributed by atoms with van der Waals surface area (Å²) in [4.78, 5) is 27.2. The van der Waals surface area contributed by atoms with Gasteiger partial charge in [0, 0.05) is 21.8 Å². The highest BCUT2D eigenvalue weighted by Crippen LogP contribution is 2.31. The van der Waals surface area contributed by atoms with E-state index in [0.29, 0.717) is 29.5 Å². The molecular formula is C20H23BrClNO4. The Kier molecular flexibility index (Phi) is 6.61. The molecule has 0 radical (unpaired) electrons. The van der Waals surface area contributed by atoms with Crippen LogP contribution >= 0.6 is 28.3 Å². The van der Waals surface area contributed by atoms with E-state index in [1.165, 1.54) is 19.3 Å². The molecule has 2 fully saturated rings. The molecule has 0 amide bonds. The molecule has 0 spiro atoms. The summed E-state index contributed by atoms with van der Waals surface area (Å²) in [6.45, 7) is 2.67. The fourth-order valence-corrected chi connectivity index (χ4v) is 4.65. The van der Waals surface area contributed by atoms with Crippen molar-refractivity contribution in [3.8, 4) is 0 Å². The molecular weight excluding hydrogens is 434 g/mol. The lowest BCUT2D eigenvalue weighted by atomic mass is 9.84. The van der Waals surface area contributed by atoms with Crippen molar-refractivity contribution in [2.75, 3.05) is 19.7 Å². The van der Waals surface area contributed by atoms with Crippen molar-refractivity contribution in [3.05, 3.63) is 44.7 Å². The number of fused-ring (bicyclic) bond motifs is 2. The molecule has 3 heterocycles. The maximum Gasteiger partial charge on any atom is 0.351 e. The third-order valence-electron chi connectivity index (χ3n) is 5.57. The number of hydrogen-bond donors (Lipinski definition) is 0. The van der Waals surface area contributed by atoms with Crippen LogP contribution in [-0.4, -0.2) is 36.6 Å². The fraction of sp³-hybridized carbons (Fsp3) is 0.500. The van der Waals surface area contributed by atoms with Gasteiger partial charge in [0.05, 0.1) is 6.61 Å². The first kappa shape index (κ1) is 20.4. The SMILES string of the molecule is Cl.O=C(OC[C@@H]1CCCN2CCCC[C@H]12)c1cc2cc(Br)ccc2oc1=O. The lowest BCUT2D eigenvalue weighted by molar-refractivity contribution is 0.00716. The maximum absolute atomic E-state index is 12.5. The highest BCUT2D eigenvalue weighted by molar-refractivity contribution is 9.10. The minimum absolute atomic E-state index is 0. The Morgan fingerprint density at radius 3 is 2.85 bits per heavy atom. The van der Waals surface area contributed by atoms with Crippen LogP contribution in [-0.2, 0) is 4.74 Å². The Labute approximate surface area is 172 Å². The molecule has 4 rings (SSSR count). The van der Waals surface area contributed by atoms with Gasteiger partial charge in [0.15, 0.2) is 0 Å². The zero-order valence-electron chi connectivity index (χ0n) is 15.0. The van der Waals surface area contributed by atoms with E-state index in [-0.39, 0.29) is 18.0 Å². The highest BCUT2D eigenvalue weighted by atomic mass is 79.9. The third-order valence-corrected chi connectivity index (χ3v) is 6.06. The minimum Gasteiger partial charge on any atom is -0.462 e. The number of esters is 1. The van der Waals surface area contributed by atoms with Crippen molar-refractivity contribution >= 4 is 45.3 Å².